The molecule has 3 heteroatoms. The van der Waals surface area contributed by atoms with Crippen LogP contribution in [0.25, 0.3) is 0 Å². The number of nitrogens with one attached hydrogen (secondary N) is 1. The van der Waals surface area contributed by atoms with Crippen molar-refractivity contribution >= 4 is 11.6 Å². The molecular formula is C17H27ClFN. The molecule has 0 fully saturated rings. The second kappa shape index (κ2) is 7.42. The van der Waals surface area contributed by atoms with Crippen LogP contribution in [0.4, 0.5) is 4.39 Å². The number of hydrogen-bond acceptors (Lipinski definition) is 1. The Kier molecular flexibility index (Phi) is 6.47. The van der Waals surface area contributed by atoms with Crippen LogP contribution in [0.1, 0.15) is 40.2 Å². The molecule has 1 nitrogen and oxygen atoms in total. The van der Waals surface area contributed by atoms with Gasteiger partial charge in [-0.3, -0.25) is 0 Å². The monoisotopic (exact) mass is 299 g/mol. The lowest BCUT2D eigenvalue weighted by molar-refractivity contribution is 0.205. The first-order chi connectivity index (χ1) is 9.26. The summed E-state index contributed by atoms with van der Waals surface area (Å²) >= 11 is 6.09. The fourth-order valence-corrected chi connectivity index (χ4v) is 2.43. The van der Waals surface area contributed by atoms with Crippen LogP contribution in [0, 0.1) is 23.1 Å². The van der Waals surface area contributed by atoms with Crippen molar-refractivity contribution in [3.05, 3.63) is 34.6 Å². The molecule has 0 aliphatic rings. The minimum Gasteiger partial charge on any atom is -0.316 e. The van der Waals surface area contributed by atoms with Gasteiger partial charge in [-0.15, -0.1) is 0 Å². The van der Waals surface area contributed by atoms with Crippen molar-refractivity contribution in [1.29, 1.82) is 0 Å². The van der Waals surface area contributed by atoms with Crippen LogP contribution in [0.15, 0.2) is 18.2 Å². The van der Waals surface area contributed by atoms with E-state index in [1.165, 1.54) is 6.07 Å². The zero-order valence-corrected chi connectivity index (χ0v) is 14.0. The van der Waals surface area contributed by atoms with Gasteiger partial charge >= 0.3 is 0 Å². The number of benzene rings is 1. The first-order valence-electron chi connectivity index (χ1n) is 7.40. The Morgan fingerprint density at radius 1 is 1.25 bits per heavy atom. The largest absolute Gasteiger partial charge is 0.316 e. The fourth-order valence-electron chi connectivity index (χ4n) is 2.24. The minimum atomic E-state index is -0.328. The Morgan fingerprint density at radius 3 is 2.45 bits per heavy atom. The van der Waals surface area contributed by atoms with Crippen LogP contribution in [0.5, 0.6) is 0 Å². The molecule has 20 heavy (non-hydrogen) atoms. The third kappa shape index (κ3) is 4.75. The van der Waals surface area contributed by atoms with Crippen molar-refractivity contribution in [2.24, 2.45) is 17.3 Å². The van der Waals surface area contributed by atoms with Gasteiger partial charge in [-0.1, -0.05) is 58.4 Å². The summed E-state index contributed by atoms with van der Waals surface area (Å²) < 4.78 is 13.6. The van der Waals surface area contributed by atoms with Gasteiger partial charge in [0, 0.05) is 6.54 Å². The van der Waals surface area contributed by atoms with Gasteiger partial charge in [-0.2, -0.15) is 0 Å². The minimum absolute atomic E-state index is 0.0618. The predicted molar refractivity (Wildman–Crippen MR) is 85.8 cm³/mol. The van der Waals surface area contributed by atoms with Gasteiger partial charge in [-0.05, 0) is 41.8 Å². The van der Waals surface area contributed by atoms with E-state index in [9.17, 15) is 4.39 Å². The summed E-state index contributed by atoms with van der Waals surface area (Å²) in [6, 6.07) is 5.07. The van der Waals surface area contributed by atoms with Gasteiger partial charge < -0.3 is 5.32 Å². The van der Waals surface area contributed by atoms with Crippen molar-refractivity contribution in [1.82, 2.24) is 5.32 Å². The Labute approximate surface area is 127 Å². The van der Waals surface area contributed by atoms with E-state index in [1.807, 2.05) is 6.07 Å². The maximum atomic E-state index is 13.6. The molecule has 1 atom stereocenters. The lowest BCUT2D eigenvalue weighted by Gasteiger charge is -2.35. The fraction of sp³-hybridized carbons (Fsp3) is 0.647. The van der Waals surface area contributed by atoms with E-state index < -0.39 is 0 Å². The molecule has 0 bridgehead atoms. The molecule has 0 spiro atoms. The van der Waals surface area contributed by atoms with Crippen LogP contribution < -0.4 is 5.32 Å². The normalized spacial score (nSPS) is 14.8. The van der Waals surface area contributed by atoms with Gasteiger partial charge in [0.2, 0.25) is 0 Å². The van der Waals surface area contributed by atoms with Crippen molar-refractivity contribution < 1.29 is 4.39 Å². The van der Waals surface area contributed by atoms with Gasteiger partial charge in [0.15, 0.2) is 0 Å². The van der Waals surface area contributed by atoms with E-state index in [0.717, 1.165) is 25.1 Å². The molecule has 114 valence electrons. The summed E-state index contributed by atoms with van der Waals surface area (Å²) in [5, 5.41) is 3.79. The molecule has 1 unspecified atom stereocenters. The maximum Gasteiger partial charge on any atom is 0.142 e. The third-order valence-electron chi connectivity index (χ3n) is 4.10. The highest BCUT2D eigenvalue weighted by Crippen LogP contribution is 2.33. The Morgan fingerprint density at radius 2 is 1.90 bits per heavy atom. The standard InChI is InChI=1S/C17H27ClFN/c1-12(2)10-20-11-17(5,13(3)4)9-14-7-6-8-15(19)16(14)18/h6-8,12-13,20H,9-11H2,1-5H3. The Bertz CT molecular complexity index is 431. The molecule has 0 aliphatic carbocycles. The van der Waals surface area contributed by atoms with Crippen LogP contribution in [0.3, 0.4) is 0 Å². The highest BCUT2D eigenvalue weighted by atomic mass is 35.5. The molecule has 0 amide bonds. The third-order valence-corrected chi connectivity index (χ3v) is 4.52. The van der Waals surface area contributed by atoms with Crippen LogP contribution in [0.2, 0.25) is 5.02 Å². The van der Waals surface area contributed by atoms with E-state index >= 15 is 0 Å². The Balaban J connectivity index is 2.83. The second-order valence-corrected chi connectivity index (χ2v) is 7.10. The van der Waals surface area contributed by atoms with Gasteiger partial charge in [-0.25, -0.2) is 4.39 Å². The molecule has 0 aromatic heterocycles. The van der Waals surface area contributed by atoms with Gasteiger partial charge in [0.05, 0.1) is 5.02 Å². The summed E-state index contributed by atoms with van der Waals surface area (Å²) in [7, 11) is 0. The van der Waals surface area contributed by atoms with Crippen molar-refractivity contribution in [3.63, 3.8) is 0 Å². The second-order valence-electron chi connectivity index (χ2n) is 6.72. The molecule has 1 aromatic carbocycles. The molecule has 0 aliphatic heterocycles. The summed E-state index contributed by atoms with van der Waals surface area (Å²) in [4.78, 5) is 0. The van der Waals surface area contributed by atoms with Gasteiger partial charge in [0.25, 0.3) is 0 Å². The molecule has 0 saturated heterocycles. The smallest absolute Gasteiger partial charge is 0.142 e. The topological polar surface area (TPSA) is 12.0 Å². The first-order valence-corrected chi connectivity index (χ1v) is 7.77. The molecule has 0 radical (unpaired) electrons. The number of hydrogen-bond donors (Lipinski definition) is 1. The molecular weight excluding hydrogens is 273 g/mol. The lowest BCUT2D eigenvalue weighted by Crippen LogP contribution is -2.39. The SMILES string of the molecule is CC(C)CNCC(C)(Cc1cccc(F)c1Cl)C(C)C. The summed E-state index contributed by atoms with van der Waals surface area (Å²) in [5.41, 5.74) is 0.959. The zero-order valence-electron chi connectivity index (χ0n) is 13.3. The molecule has 0 saturated carbocycles. The molecule has 1 aromatic rings. The van der Waals surface area contributed by atoms with Crippen molar-refractivity contribution in [3.8, 4) is 0 Å². The van der Waals surface area contributed by atoms with E-state index in [0.29, 0.717) is 11.8 Å². The quantitative estimate of drug-likeness (QED) is 0.753. The van der Waals surface area contributed by atoms with Crippen LogP contribution in [-0.4, -0.2) is 13.1 Å². The molecule has 0 heterocycles. The summed E-state index contributed by atoms with van der Waals surface area (Å²) in [5.74, 6) is 0.788. The highest BCUT2D eigenvalue weighted by Gasteiger charge is 2.29. The van der Waals surface area contributed by atoms with E-state index in [1.54, 1.807) is 6.07 Å². The average Bonchev–Trinajstić information content (AvgIpc) is 2.34. The highest BCUT2D eigenvalue weighted by molar-refractivity contribution is 6.31. The number of halogens is 2. The maximum absolute atomic E-state index is 13.6. The Hall–Kier alpha value is -0.600. The van der Waals surface area contributed by atoms with E-state index in [2.05, 4.69) is 39.9 Å². The zero-order chi connectivity index (χ0) is 15.3. The molecule has 1 rings (SSSR count). The van der Waals surface area contributed by atoms with E-state index in [4.69, 9.17) is 11.6 Å². The summed E-state index contributed by atoms with van der Waals surface area (Å²) in [6.45, 7) is 13.0. The number of rotatable bonds is 7. The molecule has 1 N–H and O–H groups in total. The van der Waals surface area contributed by atoms with Gasteiger partial charge in [0.1, 0.15) is 5.82 Å². The first kappa shape index (κ1) is 17.5. The predicted octanol–water partition coefficient (Wildman–Crippen LogP) is 4.93. The van der Waals surface area contributed by atoms with E-state index in [-0.39, 0.29) is 16.3 Å². The summed E-state index contributed by atoms with van der Waals surface area (Å²) in [6.07, 6.45) is 0.784. The van der Waals surface area contributed by atoms with Crippen LogP contribution in [-0.2, 0) is 6.42 Å². The lowest BCUT2D eigenvalue weighted by atomic mass is 9.74. The van der Waals surface area contributed by atoms with Crippen molar-refractivity contribution in [2.75, 3.05) is 13.1 Å². The van der Waals surface area contributed by atoms with Crippen molar-refractivity contribution in [2.45, 2.75) is 41.0 Å². The van der Waals surface area contributed by atoms with Crippen LogP contribution >= 0.6 is 11.6 Å². The average molecular weight is 300 g/mol.